The summed E-state index contributed by atoms with van der Waals surface area (Å²) < 4.78 is 22.3. The first-order valence-corrected chi connectivity index (χ1v) is 19.7. The zero-order chi connectivity index (χ0) is 39.0. The van der Waals surface area contributed by atoms with Crippen LogP contribution in [0.15, 0.2) is 36.5 Å². The highest BCUT2D eigenvalue weighted by Gasteiger charge is 2.50. The Morgan fingerprint density at radius 2 is 1.28 bits per heavy atom. The smallest absolute Gasteiger partial charge is 0.220 e. The third-order valence-electron chi connectivity index (χ3n) is 9.55. The van der Waals surface area contributed by atoms with E-state index < -0.39 is 86.8 Å². The van der Waals surface area contributed by atoms with E-state index in [0.717, 1.165) is 57.8 Å². The predicted octanol–water partition coefficient (Wildman–Crippen LogP) is 2.03. The monoisotopic (exact) mass is 759 g/mol. The van der Waals surface area contributed by atoms with Gasteiger partial charge in [0.05, 0.1) is 32.0 Å². The molecule has 2 fully saturated rings. The van der Waals surface area contributed by atoms with Gasteiger partial charge < -0.3 is 65.1 Å². The summed E-state index contributed by atoms with van der Waals surface area (Å²) in [5.41, 5.74) is 0. The van der Waals surface area contributed by atoms with Gasteiger partial charge in [0.1, 0.15) is 48.8 Å². The van der Waals surface area contributed by atoms with Crippen LogP contribution in [0.4, 0.5) is 0 Å². The zero-order valence-corrected chi connectivity index (χ0v) is 31.7. The average Bonchev–Trinajstić information content (AvgIpc) is 3.15. The number of hydrogen-bond donors (Lipinski definition) is 9. The summed E-state index contributed by atoms with van der Waals surface area (Å²) >= 11 is 0. The van der Waals surface area contributed by atoms with E-state index >= 15 is 0 Å². The van der Waals surface area contributed by atoms with E-state index in [1.54, 1.807) is 12.2 Å². The first-order chi connectivity index (χ1) is 25.6. The molecule has 0 aromatic rings. The van der Waals surface area contributed by atoms with Crippen molar-refractivity contribution in [3.63, 3.8) is 0 Å². The van der Waals surface area contributed by atoms with E-state index in [9.17, 15) is 45.6 Å². The van der Waals surface area contributed by atoms with Crippen LogP contribution in [0.2, 0.25) is 0 Å². The van der Waals surface area contributed by atoms with Gasteiger partial charge in [-0.15, -0.1) is 0 Å². The Labute approximate surface area is 315 Å². The molecule has 53 heavy (non-hydrogen) atoms. The third kappa shape index (κ3) is 17.3. The molecular weight excluding hydrogens is 690 g/mol. The van der Waals surface area contributed by atoms with Crippen molar-refractivity contribution >= 4 is 5.91 Å². The molecule has 2 aliphatic heterocycles. The van der Waals surface area contributed by atoms with Crippen molar-refractivity contribution < 1.29 is 64.6 Å². The fourth-order valence-electron chi connectivity index (χ4n) is 6.21. The number of allylic oxidation sites excluding steroid dienone is 5. The van der Waals surface area contributed by atoms with Crippen LogP contribution < -0.4 is 5.32 Å². The molecule has 0 aliphatic carbocycles. The first-order valence-electron chi connectivity index (χ1n) is 19.7. The van der Waals surface area contributed by atoms with Crippen molar-refractivity contribution in [1.82, 2.24) is 5.32 Å². The minimum Gasteiger partial charge on any atom is -0.394 e. The fourth-order valence-corrected chi connectivity index (χ4v) is 6.21. The molecule has 2 rings (SSSR count). The van der Waals surface area contributed by atoms with Gasteiger partial charge in [-0.25, -0.2) is 0 Å². The second-order valence-electron chi connectivity index (χ2n) is 14.1. The molecule has 0 radical (unpaired) electrons. The number of aliphatic hydroxyl groups is 8. The van der Waals surface area contributed by atoms with Gasteiger partial charge in [-0.3, -0.25) is 4.79 Å². The summed E-state index contributed by atoms with van der Waals surface area (Å²) in [5.74, 6) is -0.269. The minimum absolute atomic E-state index is 0.261. The maximum absolute atomic E-state index is 12.9. The lowest BCUT2D eigenvalue weighted by Crippen LogP contribution is -2.65. The number of ether oxygens (including phenoxy) is 4. The van der Waals surface area contributed by atoms with Crippen LogP contribution in [-0.4, -0.2) is 140 Å². The highest BCUT2D eigenvalue weighted by Crippen LogP contribution is 2.29. The Hall–Kier alpha value is -1.79. The van der Waals surface area contributed by atoms with Crippen molar-refractivity contribution in [2.24, 2.45) is 0 Å². The molecule has 0 saturated carbocycles. The lowest BCUT2D eigenvalue weighted by Gasteiger charge is -2.46. The zero-order valence-electron chi connectivity index (χ0n) is 31.7. The van der Waals surface area contributed by atoms with Gasteiger partial charge >= 0.3 is 0 Å². The molecule has 0 aromatic heterocycles. The second-order valence-corrected chi connectivity index (χ2v) is 14.1. The van der Waals surface area contributed by atoms with Gasteiger partial charge in [-0.1, -0.05) is 95.2 Å². The van der Waals surface area contributed by atoms with E-state index in [0.29, 0.717) is 6.42 Å². The quantitative estimate of drug-likeness (QED) is 0.0432. The summed E-state index contributed by atoms with van der Waals surface area (Å²) in [6.45, 7) is 2.48. The normalized spacial score (nSPS) is 30.8. The molecule has 2 saturated heterocycles. The van der Waals surface area contributed by atoms with Crippen LogP contribution in [-0.2, 0) is 23.7 Å². The average molecular weight is 760 g/mol. The lowest BCUT2D eigenvalue weighted by molar-refractivity contribution is -0.359. The van der Waals surface area contributed by atoms with Crippen LogP contribution >= 0.6 is 0 Å². The molecule has 12 atom stereocenters. The summed E-state index contributed by atoms with van der Waals surface area (Å²) in [7, 11) is 0. The molecule has 9 N–H and O–H groups in total. The Balaban J connectivity index is 1.82. The second kappa shape index (κ2) is 27.7. The van der Waals surface area contributed by atoms with Gasteiger partial charge in [0.25, 0.3) is 0 Å². The number of nitrogens with one attached hydrogen (secondary N) is 1. The number of aliphatic hydroxyl groups excluding tert-OH is 8. The maximum atomic E-state index is 12.9. The SMILES string of the molecule is CCC/C=C/C(O)C(COC1OC(CO)C(OC2OC(CO)C(O)C(O)C2O)C(O)C1O)NC(=O)CCCCCCC/C=C\C/C=C\CCCCCC. The Bertz CT molecular complexity index is 1040. The van der Waals surface area contributed by atoms with E-state index in [1.807, 2.05) is 6.92 Å². The number of rotatable bonds is 27. The maximum Gasteiger partial charge on any atom is 0.220 e. The molecule has 2 heterocycles. The number of carbonyl (C=O) groups is 1. The van der Waals surface area contributed by atoms with Crippen molar-refractivity contribution in [3.05, 3.63) is 36.5 Å². The molecule has 0 spiro atoms. The molecule has 308 valence electrons. The third-order valence-corrected chi connectivity index (χ3v) is 9.55. The lowest BCUT2D eigenvalue weighted by atomic mass is 9.97. The van der Waals surface area contributed by atoms with Crippen LogP contribution in [0.5, 0.6) is 0 Å². The largest absolute Gasteiger partial charge is 0.394 e. The van der Waals surface area contributed by atoms with Gasteiger partial charge in [0.15, 0.2) is 12.6 Å². The number of unbranched alkanes of at least 4 members (excludes halogenated alkanes) is 10. The van der Waals surface area contributed by atoms with Gasteiger partial charge in [-0.05, 0) is 44.9 Å². The highest BCUT2D eigenvalue weighted by atomic mass is 16.7. The minimum atomic E-state index is -1.79. The first kappa shape index (κ1) is 47.4. The Kier molecular flexibility index (Phi) is 24.8. The molecule has 14 heteroatoms. The summed E-state index contributed by atoms with van der Waals surface area (Å²) in [4.78, 5) is 12.9. The van der Waals surface area contributed by atoms with Crippen LogP contribution in [0.25, 0.3) is 0 Å². The molecule has 2 aliphatic rings. The van der Waals surface area contributed by atoms with Crippen molar-refractivity contribution in [2.75, 3.05) is 19.8 Å². The summed E-state index contributed by atoms with van der Waals surface area (Å²) in [6, 6.07) is -0.915. The summed E-state index contributed by atoms with van der Waals surface area (Å²) in [5, 5.41) is 85.4. The number of hydrogen-bond acceptors (Lipinski definition) is 13. The van der Waals surface area contributed by atoms with E-state index in [1.165, 1.54) is 25.7 Å². The standard InChI is InChI=1S/C39H69NO13/c1-3-5-7-8-9-10-11-12-13-14-15-16-17-18-19-21-23-31(44)40-27(28(43)22-20-6-4-2)26-50-38-36(49)34(47)37(30(25-42)52-38)53-39-35(48)33(46)32(45)29(24-41)51-39/h10-11,13-14,20,22,27-30,32-39,41-43,45-49H,3-9,12,15-19,21,23-26H2,1-2H3,(H,40,44)/b11-10-,14-13-,22-20+. The Morgan fingerprint density at radius 3 is 1.92 bits per heavy atom. The number of carbonyl (C=O) groups excluding carboxylic acids is 1. The van der Waals surface area contributed by atoms with E-state index in [2.05, 4.69) is 36.5 Å². The van der Waals surface area contributed by atoms with Crippen LogP contribution in [0, 0.1) is 0 Å². The van der Waals surface area contributed by atoms with Crippen LogP contribution in [0.1, 0.15) is 110 Å². The molecular formula is C39H69NO13. The van der Waals surface area contributed by atoms with E-state index in [4.69, 9.17) is 18.9 Å². The van der Waals surface area contributed by atoms with E-state index in [-0.39, 0.29) is 18.9 Å². The molecule has 14 nitrogen and oxygen atoms in total. The fraction of sp³-hybridized carbons (Fsp3) is 0.821. The van der Waals surface area contributed by atoms with Crippen LogP contribution in [0.3, 0.4) is 0 Å². The van der Waals surface area contributed by atoms with Crippen molar-refractivity contribution in [1.29, 1.82) is 0 Å². The summed E-state index contributed by atoms with van der Waals surface area (Å²) in [6.07, 6.45) is 10.2. The predicted molar refractivity (Wildman–Crippen MR) is 198 cm³/mol. The number of amides is 1. The van der Waals surface area contributed by atoms with Gasteiger partial charge in [0.2, 0.25) is 5.91 Å². The van der Waals surface area contributed by atoms with Gasteiger partial charge in [-0.2, -0.15) is 0 Å². The Morgan fingerprint density at radius 1 is 0.679 bits per heavy atom. The highest BCUT2D eigenvalue weighted by molar-refractivity contribution is 5.76. The molecule has 12 unspecified atom stereocenters. The van der Waals surface area contributed by atoms with Gasteiger partial charge in [0, 0.05) is 6.42 Å². The molecule has 0 bridgehead atoms. The topological polar surface area (TPSA) is 228 Å². The molecule has 0 aromatic carbocycles. The van der Waals surface area contributed by atoms with Crippen molar-refractivity contribution in [3.8, 4) is 0 Å². The van der Waals surface area contributed by atoms with Crippen molar-refractivity contribution in [2.45, 2.75) is 184 Å². The molecule has 1 amide bonds.